The van der Waals surface area contributed by atoms with Crippen LogP contribution in [0.5, 0.6) is 5.75 Å². The SMILES string of the molecule is COc1ccc(N2C(=O)C3(Cl)CCCCC3C2(Cl)Cl)c(F)c1. The number of ether oxygens (including phenoxy) is 1. The van der Waals surface area contributed by atoms with Crippen molar-refractivity contribution in [1.29, 1.82) is 0 Å². The molecule has 2 unspecified atom stereocenters. The maximum Gasteiger partial charge on any atom is 0.251 e. The van der Waals surface area contributed by atoms with E-state index in [0.29, 0.717) is 18.6 Å². The highest BCUT2D eigenvalue weighted by molar-refractivity contribution is 6.55. The quantitative estimate of drug-likeness (QED) is 0.570. The van der Waals surface area contributed by atoms with Gasteiger partial charge in [0, 0.05) is 12.0 Å². The zero-order valence-electron chi connectivity index (χ0n) is 11.9. The van der Waals surface area contributed by atoms with Crippen molar-refractivity contribution in [2.75, 3.05) is 12.0 Å². The van der Waals surface area contributed by atoms with Crippen molar-refractivity contribution in [3.05, 3.63) is 24.0 Å². The molecule has 1 aromatic carbocycles. The Morgan fingerprint density at radius 2 is 2.05 bits per heavy atom. The Morgan fingerprint density at radius 3 is 2.64 bits per heavy atom. The van der Waals surface area contributed by atoms with Gasteiger partial charge in [0.25, 0.3) is 5.91 Å². The van der Waals surface area contributed by atoms with E-state index in [1.54, 1.807) is 6.07 Å². The molecule has 0 spiro atoms. The molecule has 1 amide bonds. The highest BCUT2D eigenvalue weighted by Crippen LogP contribution is 2.58. The second-order valence-electron chi connectivity index (χ2n) is 5.71. The third-order valence-corrected chi connectivity index (χ3v) is 5.99. The van der Waals surface area contributed by atoms with E-state index in [1.165, 1.54) is 19.2 Å². The Morgan fingerprint density at radius 1 is 1.32 bits per heavy atom. The van der Waals surface area contributed by atoms with Gasteiger partial charge in [0.2, 0.25) is 4.46 Å². The summed E-state index contributed by atoms with van der Waals surface area (Å²) in [5.41, 5.74) is 0.0187. The van der Waals surface area contributed by atoms with Crippen LogP contribution in [-0.2, 0) is 4.79 Å². The predicted molar refractivity (Wildman–Crippen MR) is 85.4 cm³/mol. The molecular formula is C15H15Cl3FNO2. The molecule has 1 saturated carbocycles. The molecule has 0 N–H and O–H groups in total. The van der Waals surface area contributed by atoms with Crippen LogP contribution < -0.4 is 9.64 Å². The van der Waals surface area contributed by atoms with Gasteiger partial charge >= 0.3 is 0 Å². The van der Waals surface area contributed by atoms with Crippen LogP contribution in [0.4, 0.5) is 10.1 Å². The summed E-state index contributed by atoms with van der Waals surface area (Å²) in [6.45, 7) is 0. The number of hydrogen-bond acceptors (Lipinski definition) is 2. The molecule has 2 atom stereocenters. The minimum atomic E-state index is -1.56. The molecule has 22 heavy (non-hydrogen) atoms. The van der Waals surface area contributed by atoms with Crippen LogP contribution in [0.1, 0.15) is 25.7 Å². The van der Waals surface area contributed by atoms with Crippen LogP contribution in [0.2, 0.25) is 0 Å². The number of rotatable bonds is 2. The maximum atomic E-state index is 14.4. The number of halogens is 4. The van der Waals surface area contributed by atoms with Crippen LogP contribution >= 0.6 is 34.8 Å². The molecule has 3 rings (SSSR count). The fourth-order valence-corrected chi connectivity index (χ4v) is 4.90. The monoisotopic (exact) mass is 365 g/mol. The number of hydrogen-bond donors (Lipinski definition) is 0. The summed E-state index contributed by atoms with van der Waals surface area (Å²) in [5.74, 6) is -1.15. The number of fused-ring (bicyclic) bond motifs is 1. The van der Waals surface area contributed by atoms with Gasteiger partial charge in [0.1, 0.15) is 10.6 Å². The third-order valence-electron chi connectivity index (χ3n) is 4.51. The average Bonchev–Trinajstić information content (AvgIpc) is 2.63. The van der Waals surface area contributed by atoms with Gasteiger partial charge in [0.15, 0.2) is 5.82 Å². The zero-order chi connectivity index (χ0) is 16.1. The fourth-order valence-electron chi connectivity index (χ4n) is 3.38. The molecule has 1 heterocycles. The van der Waals surface area contributed by atoms with Gasteiger partial charge in [-0.15, -0.1) is 11.6 Å². The maximum absolute atomic E-state index is 14.4. The van der Waals surface area contributed by atoms with Gasteiger partial charge < -0.3 is 4.74 Å². The number of amides is 1. The topological polar surface area (TPSA) is 29.5 Å². The smallest absolute Gasteiger partial charge is 0.251 e. The highest BCUT2D eigenvalue weighted by Gasteiger charge is 2.66. The Kier molecular flexibility index (Phi) is 3.99. The standard InChI is InChI=1S/C15H15Cl3FNO2/c1-22-9-5-6-11(10(19)8-9)20-13(21)14(16)7-3-2-4-12(14)15(20,17)18/h5-6,8,12H,2-4,7H2,1H3. The molecule has 7 heteroatoms. The Hall–Kier alpha value is -0.710. The molecule has 2 fully saturated rings. The minimum absolute atomic E-state index is 0.0187. The molecule has 0 radical (unpaired) electrons. The first-order valence-electron chi connectivity index (χ1n) is 7.07. The first-order valence-corrected chi connectivity index (χ1v) is 8.20. The second-order valence-corrected chi connectivity index (χ2v) is 7.73. The van der Waals surface area contributed by atoms with E-state index >= 15 is 0 Å². The number of carbonyl (C=O) groups is 1. The van der Waals surface area contributed by atoms with Crippen LogP contribution in [0.15, 0.2) is 18.2 Å². The Labute approximate surface area is 143 Å². The van der Waals surface area contributed by atoms with Gasteiger partial charge in [-0.05, 0) is 25.0 Å². The zero-order valence-corrected chi connectivity index (χ0v) is 14.2. The van der Waals surface area contributed by atoms with Gasteiger partial charge in [-0.2, -0.15) is 0 Å². The summed E-state index contributed by atoms with van der Waals surface area (Å²) >= 11 is 19.5. The van der Waals surface area contributed by atoms with E-state index in [9.17, 15) is 9.18 Å². The van der Waals surface area contributed by atoms with E-state index in [4.69, 9.17) is 39.5 Å². The lowest BCUT2D eigenvalue weighted by Crippen LogP contribution is -2.40. The summed E-state index contributed by atoms with van der Waals surface area (Å²) in [6.07, 6.45) is 2.85. The fraction of sp³-hybridized carbons (Fsp3) is 0.533. The lowest BCUT2D eigenvalue weighted by atomic mass is 9.80. The molecule has 0 bridgehead atoms. The molecule has 2 aliphatic rings. The molecular weight excluding hydrogens is 352 g/mol. The number of carbonyl (C=O) groups excluding carboxylic acids is 1. The largest absolute Gasteiger partial charge is 0.497 e. The molecule has 120 valence electrons. The molecule has 3 nitrogen and oxygen atoms in total. The predicted octanol–water partition coefficient (Wildman–Crippen LogP) is 4.48. The van der Waals surface area contributed by atoms with Gasteiger partial charge in [-0.1, -0.05) is 36.0 Å². The molecule has 1 aliphatic carbocycles. The number of nitrogens with zero attached hydrogens (tertiary/aromatic N) is 1. The molecule has 1 aliphatic heterocycles. The van der Waals surface area contributed by atoms with E-state index in [0.717, 1.165) is 17.7 Å². The molecule has 1 aromatic rings. The van der Waals surface area contributed by atoms with Crippen molar-refractivity contribution in [1.82, 2.24) is 0 Å². The summed E-state index contributed by atoms with van der Waals surface area (Å²) in [6, 6.07) is 4.18. The number of benzene rings is 1. The minimum Gasteiger partial charge on any atom is -0.497 e. The van der Waals surface area contributed by atoms with E-state index < -0.39 is 27.0 Å². The number of methoxy groups -OCH3 is 1. The van der Waals surface area contributed by atoms with E-state index in [1.807, 2.05) is 0 Å². The van der Waals surface area contributed by atoms with Gasteiger partial charge in [0.05, 0.1) is 12.8 Å². The Bertz CT molecular complexity index is 625. The van der Waals surface area contributed by atoms with Crippen LogP contribution in [-0.4, -0.2) is 22.3 Å². The Balaban J connectivity index is 2.08. The normalized spacial score (nSPS) is 30.3. The van der Waals surface area contributed by atoms with Crippen molar-refractivity contribution in [2.24, 2.45) is 5.92 Å². The van der Waals surface area contributed by atoms with Crippen molar-refractivity contribution >= 4 is 46.4 Å². The number of alkyl halides is 3. The number of anilines is 1. The third kappa shape index (κ3) is 2.19. The van der Waals surface area contributed by atoms with Crippen LogP contribution in [0.3, 0.4) is 0 Å². The van der Waals surface area contributed by atoms with Gasteiger partial charge in [-0.25, -0.2) is 4.39 Å². The van der Waals surface area contributed by atoms with Gasteiger partial charge in [-0.3, -0.25) is 9.69 Å². The summed E-state index contributed by atoms with van der Waals surface area (Å²) in [5, 5.41) is 0. The summed E-state index contributed by atoms with van der Waals surface area (Å²) < 4.78 is 17.8. The van der Waals surface area contributed by atoms with E-state index in [-0.39, 0.29) is 5.69 Å². The lowest BCUT2D eigenvalue weighted by Gasteiger charge is -2.35. The highest BCUT2D eigenvalue weighted by atomic mass is 35.5. The van der Waals surface area contributed by atoms with Crippen molar-refractivity contribution in [3.63, 3.8) is 0 Å². The van der Waals surface area contributed by atoms with Crippen molar-refractivity contribution in [3.8, 4) is 5.75 Å². The summed E-state index contributed by atoms with van der Waals surface area (Å²) in [4.78, 5) is 12.7. The average molecular weight is 367 g/mol. The second kappa shape index (κ2) is 5.43. The van der Waals surface area contributed by atoms with Crippen LogP contribution in [0.25, 0.3) is 0 Å². The first-order chi connectivity index (χ1) is 10.3. The summed E-state index contributed by atoms with van der Waals surface area (Å²) in [7, 11) is 1.44. The first kappa shape index (κ1) is 16.2. The van der Waals surface area contributed by atoms with E-state index in [2.05, 4.69) is 0 Å². The van der Waals surface area contributed by atoms with Crippen molar-refractivity contribution < 1.29 is 13.9 Å². The molecule has 1 saturated heterocycles. The van der Waals surface area contributed by atoms with Crippen molar-refractivity contribution in [2.45, 2.75) is 35.0 Å². The molecule has 0 aromatic heterocycles. The lowest BCUT2D eigenvalue weighted by molar-refractivity contribution is -0.120. The van der Waals surface area contributed by atoms with Crippen LogP contribution in [0, 0.1) is 11.7 Å².